The van der Waals surface area contributed by atoms with Crippen LogP contribution in [0.15, 0.2) is 0 Å². The number of unbranched alkanes of at least 4 members (excludes halogenated alkanes) is 1. The first-order valence-corrected chi connectivity index (χ1v) is 4.28. The number of carbonyl (C=O) groups excluding carboxylic acids is 2. The average molecular weight is 172 g/mol. The number of hydrogen-bond donors (Lipinski definition) is 2. The highest BCUT2D eigenvalue weighted by atomic mass is 16.2. The highest BCUT2D eigenvalue weighted by Gasteiger charge is 2.00. The maximum Gasteiger partial charge on any atom is 0.238 e. The first-order chi connectivity index (χ1) is 5.70. The summed E-state index contributed by atoms with van der Waals surface area (Å²) in [7, 11) is 0. The van der Waals surface area contributed by atoms with E-state index in [1.807, 2.05) is 6.92 Å². The second-order valence-electron chi connectivity index (χ2n) is 2.55. The third-order valence-corrected chi connectivity index (χ3v) is 1.42. The second kappa shape index (κ2) is 6.64. The van der Waals surface area contributed by atoms with E-state index in [9.17, 15) is 9.59 Å². The predicted octanol–water partition coefficient (Wildman–Crippen LogP) is 0.734. The smallest absolute Gasteiger partial charge is 0.238 e. The molecule has 0 aliphatic carbocycles. The van der Waals surface area contributed by atoms with Crippen LogP contribution < -0.4 is 10.9 Å². The molecule has 0 bridgehead atoms. The van der Waals surface area contributed by atoms with Crippen molar-refractivity contribution in [1.82, 2.24) is 10.9 Å². The Morgan fingerprint density at radius 2 is 1.67 bits per heavy atom. The summed E-state index contributed by atoms with van der Waals surface area (Å²) in [5.74, 6) is -0.293. The lowest BCUT2D eigenvalue weighted by Crippen LogP contribution is -2.41. The predicted molar refractivity (Wildman–Crippen MR) is 46.1 cm³/mol. The van der Waals surface area contributed by atoms with Gasteiger partial charge in [-0.25, -0.2) is 0 Å². The van der Waals surface area contributed by atoms with Gasteiger partial charge in [0.05, 0.1) is 0 Å². The number of hydrazine groups is 1. The molecule has 0 aromatic carbocycles. The van der Waals surface area contributed by atoms with E-state index in [0.717, 1.165) is 12.8 Å². The van der Waals surface area contributed by atoms with Crippen LogP contribution in [-0.4, -0.2) is 11.8 Å². The van der Waals surface area contributed by atoms with Gasteiger partial charge in [-0.05, 0) is 6.42 Å². The van der Waals surface area contributed by atoms with E-state index in [4.69, 9.17) is 0 Å². The second-order valence-corrected chi connectivity index (χ2v) is 2.55. The van der Waals surface area contributed by atoms with E-state index in [-0.39, 0.29) is 11.8 Å². The van der Waals surface area contributed by atoms with Gasteiger partial charge in [0.25, 0.3) is 0 Å². The molecule has 0 rings (SSSR count). The van der Waals surface area contributed by atoms with Crippen LogP contribution in [0, 0.1) is 0 Å². The summed E-state index contributed by atoms with van der Waals surface area (Å²) >= 11 is 0. The van der Waals surface area contributed by atoms with Gasteiger partial charge in [0.1, 0.15) is 0 Å². The third kappa shape index (κ3) is 5.70. The summed E-state index contributed by atoms with van der Waals surface area (Å²) in [6.07, 6.45) is 2.69. The lowest BCUT2D eigenvalue weighted by Gasteiger charge is -2.04. The van der Waals surface area contributed by atoms with Gasteiger partial charge in [-0.15, -0.1) is 0 Å². The Kier molecular flexibility index (Phi) is 6.05. The van der Waals surface area contributed by atoms with Crippen LogP contribution in [-0.2, 0) is 9.59 Å². The van der Waals surface area contributed by atoms with Crippen molar-refractivity contribution in [2.45, 2.75) is 39.5 Å². The van der Waals surface area contributed by atoms with Crippen molar-refractivity contribution in [2.75, 3.05) is 0 Å². The lowest BCUT2D eigenvalue weighted by atomic mass is 10.2. The van der Waals surface area contributed by atoms with Gasteiger partial charge in [0.15, 0.2) is 0 Å². The molecule has 0 spiro atoms. The molecule has 0 saturated carbocycles. The van der Waals surface area contributed by atoms with E-state index in [0.29, 0.717) is 12.8 Å². The summed E-state index contributed by atoms with van der Waals surface area (Å²) in [5, 5.41) is 0. The lowest BCUT2D eigenvalue weighted by molar-refractivity contribution is -0.128. The molecule has 0 aliphatic rings. The van der Waals surface area contributed by atoms with Crippen molar-refractivity contribution in [3.05, 3.63) is 0 Å². The molecule has 0 unspecified atom stereocenters. The molecule has 0 aromatic heterocycles. The standard InChI is InChI=1S/C8H16N2O2/c1-3-5-6-8(12)10-9-7(11)4-2/h3-6H2,1-2H3,(H,9,11)(H,10,12). The van der Waals surface area contributed by atoms with Gasteiger partial charge < -0.3 is 0 Å². The molecule has 0 atom stereocenters. The van der Waals surface area contributed by atoms with Crippen LogP contribution >= 0.6 is 0 Å². The quantitative estimate of drug-likeness (QED) is 0.614. The van der Waals surface area contributed by atoms with E-state index in [1.54, 1.807) is 6.92 Å². The molecule has 2 amide bonds. The van der Waals surface area contributed by atoms with Gasteiger partial charge in [0, 0.05) is 12.8 Å². The molecule has 0 fully saturated rings. The minimum atomic E-state index is -0.167. The first kappa shape index (κ1) is 10.9. The summed E-state index contributed by atoms with van der Waals surface area (Å²) in [4.78, 5) is 21.6. The van der Waals surface area contributed by atoms with Crippen LogP contribution in [0.2, 0.25) is 0 Å². The Labute approximate surface area is 72.7 Å². The first-order valence-electron chi connectivity index (χ1n) is 4.28. The molecule has 4 nitrogen and oxygen atoms in total. The molecule has 0 radical (unpaired) electrons. The molecular weight excluding hydrogens is 156 g/mol. The maximum atomic E-state index is 10.9. The molecule has 4 heteroatoms. The summed E-state index contributed by atoms with van der Waals surface area (Å²) in [5.41, 5.74) is 4.63. The van der Waals surface area contributed by atoms with Gasteiger partial charge in [-0.3, -0.25) is 20.4 Å². The number of hydrogen-bond acceptors (Lipinski definition) is 2. The zero-order valence-corrected chi connectivity index (χ0v) is 7.64. The van der Waals surface area contributed by atoms with Crippen molar-refractivity contribution >= 4 is 11.8 Å². The molecule has 0 aliphatic heterocycles. The number of nitrogens with one attached hydrogen (secondary N) is 2. The van der Waals surface area contributed by atoms with Crippen LogP contribution in [0.4, 0.5) is 0 Å². The fourth-order valence-corrected chi connectivity index (χ4v) is 0.628. The molecule has 0 aromatic rings. The average Bonchev–Trinajstić information content (AvgIpc) is 2.10. The Balaban J connectivity index is 3.37. The minimum Gasteiger partial charge on any atom is -0.273 e. The van der Waals surface area contributed by atoms with Crippen LogP contribution in [0.1, 0.15) is 39.5 Å². The van der Waals surface area contributed by atoms with Crippen molar-refractivity contribution in [1.29, 1.82) is 0 Å². The fraction of sp³-hybridized carbons (Fsp3) is 0.750. The van der Waals surface area contributed by atoms with Crippen molar-refractivity contribution in [3.8, 4) is 0 Å². The normalized spacial score (nSPS) is 9.17. The Bertz CT molecular complexity index is 157. The minimum absolute atomic E-state index is 0.126. The molecule has 2 N–H and O–H groups in total. The SMILES string of the molecule is CCCCC(=O)NNC(=O)CC. The summed E-state index contributed by atoms with van der Waals surface area (Å²) in [6.45, 7) is 3.74. The number of rotatable bonds is 4. The van der Waals surface area contributed by atoms with E-state index in [2.05, 4.69) is 10.9 Å². The van der Waals surface area contributed by atoms with Crippen molar-refractivity contribution in [3.63, 3.8) is 0 Å². The topological polar surface area (TPSA) is 58.2 Å². The summed E-state index contributed by atoms with van der Waals surface area (Å²) < 4.78 is 0. The monoisotopic (exact) mass is 172 g/mol. The highest BCUT2D eigenvalue weighted by molar-refractivity contribution is 5.81. The maximum absolute atomic E-state index is 10.9. The van der Waals surface area contributed by atoms with Gasteiger partial charge in [-0.2, -0.15) is 0 Å². The van der Waals surface area contributed by atoms with E-state index >= 15 is 0 Å². The molecule has 0 heterocycles. The molecule has 0 saturated heterocycles. The number of amides is 2. The van der Waals surface area contributed by atoms with Gasteiger partial charge in [-0.1, -0.05) is 20.3 Å². The summed E-state index contributed by atoms with van der Waals surface area (Å²) in [6, 6.07) is 0. The van der Waals surface area contributed by atoms with E-state index < -0.39 is 0 Å². The van der Waals surface area contributed by atoms with Crippen molar-refractivity contribution < 1.29 is 9.59 Å². The van der Waals surface area contributed by atoms with Crippen molar-refractivity contribution in [2.24, 2.45) is 0 Å². The molecular formula is C8H16N2O2. The Morgan fingerprint density at radius 1 is 1.08 bits per heavy atom. The zero-order valence-electron chi connectivity index (χ0n) is 7.64. The third-order valence-electron chi connectivity index (χ3n) is 1.42. The highest BCUT2D eigenvalue weighted by Crippen LogP contribution is 1.91. The molecule has 70 valence electrons. The largest absolute Gasteiger partial charge is 0.273 e. The Morgan fingerprint density at radius 3 is 2.17 bits per heavy atom. The van der Waals surface area contributed by atoms with Crippen LogP contribution in [0.3, 0.4) is 0 Å². The molecule has 12 heavy (non-hydrogen) atoms. The van der Waals surface area contributed by atoms with Crippen LogP contribution in [0.25, 0.3) is 0 Å². The van der Waals surface area contributed by atoms with Crippen LogP contribution in [0.5, 0.6) is 0 Å². The van der Waals surface area contributed by atoms with E-state index in [1.165, 1.54) is 0 Å². The fourth-order valence-electron chi connectivity index (χ4n) is 0.628. The van der Waals surface area contributed by atoms with Gasteiger partial charge >= 0.3 is 0 Å². The Hall–Kier alpha value is -1.06. The zero-order chi connectivity index (χ0) is 9.40. The van der Waals surface area contributed by atoms with Gasteiger partial charge in [0.2, 0.25) is 11.8 Å². The number of carbonyl (C=O) groups is 2.